The second-order valence-electron chi connectivity index (χ2n) is 4.51. The van der Waals surface area contributed by atoms with Crippen LogP contribution in [-0.4, -0.2) is 40.5 Å². The van der Waals surface area contributed by atoms with Crippen LogP contribution in [0.4, 0.5) is 4.79 Å². The van der Waals surface area contributed by atoms with Gasteiger partial charge in [0.15, 0.2) is 0 Å². The molecule has 0 radical (unpaired) electrons. The van der Waals surface area contributed by atoms with Gasteiger partial charge in [0.05, 0.1) is 6.04 Å². The van der Waals surface area contributed by atoms with Crippen molar-refractivity contribution >= 4 is 12.0 Å². The number of fused-ring (bicyclic) bond motifs is 1. The number of amides is 2. The zero-order chi connectivity index (χ0) is 13.3. The monoisotopic (exact) mass is 248 g/mol. The molecular weight excluding hydrogens is 232 g/mol. The summed E-state index contributed by atoms with van der Waals surface area (Å²) in [5.74, 6) is -0.0676. The van der Waals surface area contributed by atoms with Crippen LogP contribution in [0, 0.1) is 0 Å². The maximum Gasteiger partial charge on any atom is 0.407 e. The minimum Gasteiger partial charge on any atom is -0.465 e. The van der Waals surface area contributed by atoms with Crippen LogP contribution in [0.3, 0.4) is 0 Å². The van der Waals surface area contributed by atoms with E-state index in [4.69, 9.17) is 5.11 Å². The van der Waals surface area contributed by atoms with E-state index in [2.05, 4.69) is 0 Å². The minimum atomic E-state index is -0.952. The highest BCUT2D eigenvalue weighted by atomic mass is 16.4. The summed E-state index contributed by atoms with van der Waals surface area (Å²) in [6, 6.07) is 7.46. The molecule has 1 aromatic carbocycles. The summed E-state index contributed by atoms with van der Waals surface area (Å²) >= 11 is 0. The number of carbonyl (C=O) groups excluding carboxylic acids is 1. The van der Waals surface area contributed by atoms with Gasteiger partial charge in [0.25, 0.3) is 0 Å². The predicted octanol–water partition coefficient (Wildman–Crippen LogP) is 1.70. The van der Waals surface area contributed by atoms with Crippen LogP contribution in [0.25, 0.3) is 0 Å². The lowest BCUT2D eigenvalue weighted by atomic mass is 9.94. The van der Waals surface area contributed by atoms with Crippen LogP contribution in [-0.2, 0) is 11.3 Å². The lowest BCUT2D eigenvalue weighted by Crippen LogP contribution is -2.44. The van der Waals surface area contributed by atoms with Crippen LogP contribution >= 0.6 is 0 Å². The van der Waals surface area contributed by atoms with E-state index in [9.17, 15) is 9.59 Å². The number of benzene rings is 1. The lowest BCUT2D eigenvalue weighted by molar-refractivity contribution is -0.130. The lowest BCUT2D eigenvalue weighted by Gasteiger charge is -2.37. The first-order valence-corrected chi connectivity index (χ1v) is 5.79. The molecule has 0 fully saturated rings. The summed E-state index contributed by atoms with van der Waals surface area (Å²) in [5, 5.41) is 9.12. The van der Waals surface area contributed by atoms with Gasteiger partial charge >= 0.3 is 6.09 Å². The van der Waals surface area contributed by atoms with Crippen LogP contribution in [0.5, 0.6) is 0 Å². The van der Waals surface area contributed by atoms with Crippen molar-refractivity contribution in [1.29, 1.82) is 0 Å². The first-order valence-electron chi connectivity index (χ1n) is 5.79. The van der Waals surface area contributed by atoms with Gasteiger partial charge in [-0.3, -0.25) is 4.79 Å². The van der Waals surface area contributed by atoms with Crippen molar-refractivity contribution in [2.75, 3.05) is 13.6 Å². The topological polar surface area (TPSA) is 60.9 Å². The fourth-order valence-corrected chi connectivity index (χ4v) is 2.28. The van der Waals surface area contributed by atoms with Gasteiger partial charge in [-0.05, 0) is 11.1 Å². The number of carboxylic acid groups (broad SMARTS) is 1. The average molecular weight is 248 g/mol. The fourth-order valence-electron chi connectivity index (χ4n) is 2.28. The molecular formula is C13H16N2O3. The summed E-state index contributed by atoms with van der Waals surface area (Å²) < 4.78 is 0. The Labute approximate surface area is 106 Å². The molecule has 1 aromatic rings. The van der Waals surface area contributed by atoms with E-state index in [0.29, 0.717) is 13.1 Å². The van der Waals surface area contributed by atoms with Crippen molar-refractivity contribution in [3.8, 4) is 0 Å². The summed E-state index contributed by atoms with van der Waals surface area (Å²) in [7, 11) is 1.70. The van der Waals surface area contributed by atoms with Crippen molar-refractivity contribution in [2.45, 2.75) is 19.5 Å². The Hall–Kier alpha value is -2.04. The van der Waals surface area contributed by atoms with E-state index < -0.39 is 6.09 Å². The highest BCUT2D eigenvalue weighted by Crippen LogP contribution is 2.30. The third-order valence-electron chi connectivity index (χ3n) is 3.40. The van der Waals surface area contributed by atoms with Crippen LogP contribution in [0.1, 0.15) is 24.1 Å². The molecule has 1 unspecified atom stereocenters. The van der Waals surface area contributed by atoms with E-state index in [0.717, 1.165) is 11.1 Å². The SMILES string of the molecule is CC(=O)N(C)C1CN(C(=O)O)Cc2ccccc21. The van der Waals surface area contributed by atoms with Crippen LogP contribution < -0.4 is 0 Å². The molecule has 1 atom stereocenters. The quantitative estimate of drug-likeness (QED) is 0.822. The second-order valence-corrected chi connectivity index (χ2v) is 4.51. The molecule has 0 bridgehead atoms. The smallest absolute Gasteiger partial charge is 0.407 e. The Morgan fingerprint density at radius 3 is 2.67 bits per heavy atom. The molecule has 0 aliphatic carbocycles. The second kappa shape index (κ2) is 4.68. The van der Waals surface area contributed by atoms with Crippen molar-refractivity contribution in [2.24, 2.45) is 0 Å². The summed E-state index contributed by atoms with van der Waals surface area (Å²) in [4.78, 5) is 25.5. The van der Waals surface area contributed by atoms with Gasteiger partial charge < -0.3 is 14.9 Å². The van der Waals surface area contributed by atoms with Gasteiger partial charge in [0, 0.05) is 27.1 Å². The molecule has 96 valence electrons. The zero-order valence-electron chi connectivity index (χ0n) is 10.5. The Morgan fingerprint density at radius 2 is 2.06 bits per heavy atom. The number of hydrogen-bond donors (Lipinski definition) is 1. The predicted molar refractivity (Wildman–Crippen MR) is 66.1 cm³/mol. The summed E-state index contributed by atoms with van der Waals surface area (Å²) in [5.41, 5.74) is 2.00. The van der Waals surface area contributed by atoms with E-state index in [-0.39, 0.29) is 11.9 Å². The molecule has 18 heavy (non-hydrogen) atoms. The van der Waals surface area contributed by atoms with Crippen LogP contribution in [0.2, 0.25) is 0 Å². The maximum absolute atomic E-state index is 11.5. The van der Waals surface area contributed by atoms with Gasteiger partial charge in [0.2, 0.25) is 5.91 Å². The number of carbonyl (C=O) groups is 2. The molecule has 1 N–H and O–H groups in total. The standard InChI is InChI=1S/C13H16N2O3/c1-9(16)14(2)12-8-15(13(17)18)7-10-5-3-4-6-11(10)12/h3-6,12H,7-8H2,1-2H3,(H,17,18). The van der Waals surface area contributed by atoms with Gasteiger partial charge in [-0.15, -0.1) is 0 Å². The molecule has 1 heterocycles. The van der Waals surface area contributed by atoms with E-state index in [1.807, 2.05) is 24.3 Å². The van der Waals surface area contributed by atoms with E-state index >= 15 is 0 Å². The number of hydrogen-bond acceptors (Lipinski definition) is 2. The van der Waals surface area contributed by atoms with Crippen molar-refractivity contribution in [3.05, 3.63) is 35.4 Å². The van der Waals surface area contributed by atoms with Crippen molar-refractivity contribution < 1.29 is 14.7 Å². The highest BCUT2D eigenvalue weighted by Gasteiger charge is 2.31. The molecule has 1 aliphatic heterocycles. The molecule has 5 heteroatoms. The fraction of sp³-hybridized carbons (Fsp3) is 0.385. The summed E-state index contributed by atoms with van der Waals surface area (Å²) in [6.45, 7) is 2.19. The normalized spacial score (nSPS) is 18.1. The first kappa shape index (κ1) is 12.4. The van der Waals surface area contributed by atoms with Gasteiger partial charge in [-0.1, -0.05) is 24.3 Å². The van der Waals surface area contributed by atoms with E-state index in [1.54, 1.807) is 11.9 Å². The minimum absolute atomic E-state index is 0.0676. The largest absolute Gasteiger partial charge is 0.465 e. The third kappa shape index (κ3) is 2.16. The highest BCUT2D eigenvalue weighted by molar-refractivity contribution is 5.74. The molecule has 0 saturated carbocycles. The Balaban J connectivity index is 2.39. The summed E-state index contributed by atoms with van der Waals surface area (Å²) in [6.07, 6.45) is -0.952. The molecule has 2 rings (SSSR count). The van der Waals surface area contributed by atoms with Gasteiger partial charge in [-0.25, -0.2) is 4.79 Å². The Morgan fingerprint density at radius 1 is 1.39 bits per heavy atom. The number of likely N-dealkylation sites (N-methyl/N-ethyl adjacent to an activating group) is 1. The Bertz CT molecular complexity index is 487. The molecule has 0 aromatic heterocycles. The first-order chi connectivity index (χ1) is 8.50. The third-order valence-corrected chi connectivity index (χ3v) is 3.40. The van der Waals surface area contributed by atoms with E-state index in [1.165, 1.54) is 11.8 Å². The number of rotatable bonds is 1. The maximum atomic E-state index is 11.5. The molecule has 0 spiro atoms. The van der Waals surface area contributed by atoms with Gasteiger partial charge in [0.1, 0.15) is 0 Å². The molecule has 5 nitrogen and oxygen atoms in total. The Kier molecular flexibility index (Phi) is 3.23. The molecule has 0 saturated heterocycles. The molecule has 2 amide bonds. The van der Waals surface area contributed by atoms with Crippen molar-refractivity contribution in [1.82, 2.24) is 9.80 Å². The van der Waals surface area contributed by atoms with Crippen LogP contribution in [0.15, 0.2) is 24.3 Å². The van der Waals surface area contributed by atoms with Crippen molar-refractivity contribution in [3.63, 3.8) is 0 Å². The number of nitrogens with zero attached hydrogens (tertiary/aromatic N) is 2. The van der Waals surface area contributed by atoms with Gasteiger partial charge in [-0.2, -0.15) is 0 Å². The zero-order valence-corrected chi connectivity index (χ0v) is 10.5. The average Bonchev–Trinajstić information content (AvgIpc) is 2.36. The molecule has 1 aliphatic rings.